The molecule has 146 valence electrons. The van der Waals surface area contributed by atoms with E-state index in [-0.39, 0.29) is 11.8 Å². The number of carbonyl (C=O) groups is 1. The second kappa shape index (κ2) is 9.16. The molecule has 1 aromatic heterocycles. The van der Waals surface area contributed by atoms with E-state index in [1.54, 1.807) is 12.3 Å². The summed E-state index contributed by atoms with van der Waals surface area (Å²) in [6.07, 6.45) is 2.52. The highest BCUT2D eigenvalue weighted by Crippen LogP contribution is 2.27. The van der Waals surface area contributed by atoms with E-state index >= 15 is 0 Å². The van der Waals surface area contributed by atoms with E-state index in [0.717, 1.165) is 34.5 Å². The summed E-state index contributed by atoms with van der Waals surface area (Å²) in [6, 6.07) is 21.3. The number of pyridine rings is 1. The first-order valence-corrected chi connectivity index (χ1v) is 9.80. The average Bonchev–Trinajstić information content (AvgIpc) is 2.72. The van der Waals surface area contributed by atoms with Gasteiger partial charge in [-0.3, -0.25) is 9.78 Å². The Morgan fingerprint density at radius 2 is 1.83 bits per heavy atom. The summed E-state index contributed by atoms with van der Waals surface area (Å²) < 4.78 is 0. The number of nitriles is 1. The van der Waals surface area contributed by atoms with Crippen LogP contribution >= 0.6 is 0 Å². The fraction of sp³-hybridized carbons (Fsp3) is 0.240. The summed E-state index contributed by atoms with van der Waals surface area (Å²) in [7, 11) is 0. The Balaban J connectivity index is 1.79. The molecule has 0 aliphatic heterocycles. The second-order valence-electron chi connectivity index (χ2n) is 7.67. The van der Waals surface area contributed by atoms with Gasteiger partial charge in [0.25, 0.3) is 0 Å². The highest BCUT2D eigenvalue weighted by molar-refractivity contribution is 5.96. The van der Waals surface area contributed by atoms with Crippen LogP contribution in [0.15, 0.2) is 66.9 Å². The van der Waals surface area contributed by atoms with Crippen molar-refractivity contribution in [2.24, 2.45) is 5.92 Å². The molecule has 0 radical (unpaired) electrons. The molecule has 0 saturated heterocycles. The molecule has 4 heteroatoms. The SMILES string of the molecule is Cc1cc(-c2ccc(NC(=O)C(CC(C)C)c3cccc(C#N)c3)cc2)ccn1. The van der Waals surface area contributed by atoms with Gasteiger partial charge >= 0.3 is 0 Å². The van der Waals surface area contributed by atoms with Crippen LogP contribution in [0.25, 0.3) is 11.1 Å². The number of anilines is 1. The van der Waals surface area contributed by atoms with Crippen LogP contribution in [-0.4, -0.2) is 10.9 Å². The number of nitrogens with one attached hydrogen (secondary N) is 1. The number of nitrogens with zero attached hydrogens (tertiary/aromatic N) is 2. The van der Waals surface area contributed by atoms with Crippen LogP contribution in [0.1, 0.15) is 43.0 Å². The zero-order valence-corrected chi connectivity index (χ0v) is 17.0. The molecule has 3 aromatic rings. The number of benzene rings is 2. The predicted octanol–water partition coefficient (Wildman–Crippen LogP) is 5.70. The number of hydrogen-bond acceptors (Lipinski definition) is 3. The van der Waals surface area contributed by atoms with Gasteiger partial charge in [-0.2, -0.15) is 5.26 Å². The molecule has 2 aromatic carbocycles. The van der Waals surface area contributed by atoms with Gasteiger partial charge in [-0.05, 0) is 72.4 Å². The van der Waals surface area contributed by atoms with E-state index < -0.39 is 0 Å². The lowest BCUT2D eigenvalue weighted by Gasteiger charge is -2.19. The zero-order chi connectivity index (χ0) is 20.8. The van der Waals surface area contributed by atoms with Crippen molar-refractivity contribution in [3.63, 3.8) is 0 Å². The predicted molar refractivity (Wildman–Crippen MR) is 116 cm³/mol. The lowest BCUT2D eigenvalue weighted by Crippen LogP contribution is -2.22. The van der Waals surface area contributed by atoms with Crippen LogP contribution < -0.4 is 5.32 Å². The van der Waals surface area contributed by atoms with Crippen LogP contribution in [-0.2, 0) is 4.79 Å². The van der Waals surface area contributed by atoms with Gasteiger partial charge in [0.1, 0.15) is 0 Å². The van der Waals surface area contributed by atoms with Crippen molar-refractivity contribution in [2.75, 3.05) is 5.32 Å². The Bertz CT molecular complexity index is 1030. The highest BCUT2D eigenvalue weighted by atomic mass is 16.1. The quantitative estimate of drug-likeness (QED) is 0.594. The minimum Gasteiger partial charge on any atom is -0.326 e. The molecular weight excluding hydrogens is 358 g/mol. The topological polar surface area (TPSA) is 65.8 Å². The fourth-order valence-electron chi connectivity index (χ4n) is 3.39. The minimum atomic E-state index is -0.300. The van der Waals surface area contributed by atoms with Crippen molar-refractivity contribution >= 4 is 11.6 Å². The minimum absolute atomic E-state index is 0.0544. The summed E-state index contributed by atoms with van der Waals surface area (Å²) in [5.41, 5.74) is 5.35. The second-order valence-corrected chi connectivity index (χ2v) is 7.67. The number of aryl methyl sites for hydroxylation is 1. The number of aromatic nitrogens is 1. The highest BCUT2D eigenvalue weighted by Gasteiger charge is 2.22. The lowest BCUT2D eigenvalue weighted by molar-refractivity contribution is -0.117. The smallest absolute Gasteiger partial charge is 0.231 e. The molecule has 0 aliphatic rings. The molecule has 0 aliphatic carbocycles. The molecule has 0 saturated carbocycles. The fourth-order valence-corrected chi connectivity index (χ4v) is 3.39. The number of hydrogen-bond donors (Lipinski definition) is 1. The van der Waals surface area contributed by atoms with Crippen LogP contribution in [0, 0.1) is 24.2 Å². The molecule has 1 amide bonds. The molecule has 0 spiro atoms. The standard InChI is InChI=1S/C25H25N3O/c1-17(2)13-24(22-6-4-5-19(15-22)16-26)25(29)28-23-9-7-20(8-10-23)21-11-12-27-18(3)14-21/h4-12,14-15,17,24H,13H2,1-3H3,(H,28,29). The van der Waals surface area contributed by atoms with E-state index in [9.17, 15) is 10.1 Å². The Morgan fingerprint density at radius 3 is 2.48 bits per heavy atom. The Labute approximate surface area is 172 Å². The maximum atomic E-state index is 13.0. The summed E-state index contributed by atoms with van der Waals surface area (Å²) in [4.78, 5) is 17.3. The van der Waals surface area contributed by atoms with E-state index in [1.165, 1.54) is 0 Å². The average molecular weight is 383 g/mol. The first-order chi connectivity index (χ1) is 14.0. The van der Waals surface area contributed by atoms with Gasteiger partial charge < -0.3 is 5.32 Å². The first kappa shape index (κ1) is 20.3. The van der Waals surface area contributed by atoms with Crippen LogP contribution in [0.3, 0.4) is 0 Å². The van der Waals surface area contributed by atoms with Gasteiger partial charge in [0.15, 0.2) is 0 Å². The van der Waals surface area contributed by atoms with E-state index in [4.69, 9.17) is 0 Å². The van der Waals surface area contributed by atoms with Gasteiger partial charge in [-0.1, -0.05) is 38.1 Å². The van der Waals surface area contributed by atoms with E-state index in [2.05, 4.69) is 30.2 Å². The summed E-state index contributed by atoms with van der Waals surface area (Å²) in [5, 5.41) is 12.2. The molecule has 1 atom stereocenters. The van der Waals surface area contributed by atoms with Crippen molar-refractivity contribution < 1.29 is 4.79 Å². The van der Waals surface area contributed by atoms with Crippen LogP contribution in [0.2, 0.25) is 0 Å². The maximum Gasteiger partial charge on any atom is 0.231 e. The number of carbonyl (C=O) groups excluding carboxylic acids is 1. The van der Waals surface area contributed by atoms with Gasteiger partial charge in [0.2, 0.25) is 5.91 Å². The van der Waals surface area contributed by atoms with E-state index in [1.807, 2.05) is 61.5 Å². The molecule has 0 fully saturated rings. The Morgan fingerprint density at radius 1 is 1.07 bits per heavy atom. The number of rotatable bonds is 6. The third-order valence-corrected chi connectivity index (χ3v) is 4.82. The van der Waals surface area contributed by atoms with Crippen molar-refractivity contribution in [2.45, 2.75) is 33.1 Å². The van der Waals surface area contributed by atoms with Crippen molar-refractivity contribution in [1.29, 1.82) is 5.26 Å². The van der Waals surface area contributed by atoms with Gasteiger partial charge in [-0.15, -0.1) is 0 Å². The van der Waals surface area contributed by atoms with Crippen LogP contribution in [0.5, 0.6) is 0 Å². The zero-order valence-electron chi connectivity index (χ0n) is 17.0. The van der Waals surface area contributed by atoms with Crippen molar-refractivity contribution in [3.05, 3.63) is 83.7 Å². The molecule has 4 nitrogen and oxygen atoms in total. The Hall–Kier alpha value is -3.45. The van der Waals surface area contributed by atoms with Gasteiger partial charge in [-0.25, -0.2) is 0 Å². The van der Waals surface area contributed by atoms with Gasteiger partial charge in [0.05, 0.1) is 17.6 Å². The molecule has 1 unspecified atom stereocenters. The van der Waals surface area contributed by atoms with Crippen LogP contribution in [0.4, 0.5) is 5.69 Å². The molecule has 3 rings (SSSR count). The molecule has 0 bridgehead atoms. The maximum absolute atomic E-state index is 13.0. The molecule has 1 heterocycles. The van der Waals surface area contributed by atoms with Crippen molar-refractivity contribution in [3.8, 4) is 17.2 Å². The monoisotopic (exact) mass is 383 g/mol. The molecule has 1 N–H and O–H groups in total. The first-order valence-electron chi connectivity index (χ1n) is 9.80. The summed E-state index contributed by atoms with van der Waals surface area (Å²) in [6.45, 7) is 6.16. The third kappa shape index (κ3) is 5.30. The molecule has 29 heavy (non-hydrogen) atoms. The third-order valence-electron chi connectivity index (χ3n) is 4.82. The normalized spacial score (nSPS) is 11.7. The number of amides is 1. The summed E-state index contributed by atoms with van der Waals surface area (Å²) in [5.74, 6) is 0.000849. The summed E-state index contributed by atoms with van der Waals surface area (Å²) >= 11 is 0. The largest absolute Gasteiger partial charge is 0.326 e. The lowest BCUT2D eigenvalue weighted by atomic mass is 9.88. The van der Waals surface area contributed by atoms with E-state index in [0.29, 0.717) is 11.5 Å². The van der Waals surface area contributed by atoms with Crippen molar-refractivity contribution in [1.82, 2.24) is 4.98 Å². The van der Waals surface area contributed by atoms with Gasteiger partial charge in [0, 0.05) is 17.6 Å². The molecular formula is C25H25N3O. The Kier molecular flexibility index (Phi) is 6.41.